The van der Waals surface area contributed by atoms with Crippen LogP contribution in [-0.4, -0.2) is 63.0 Å². The number of morpholine rings is 1. The van der Waals surface area contributed by atoms with E-state index in [2.05, 4.69) is 10.6 Å². The van der Waals surface area contributed by atoms with Gasteiger partial charge in [-0.25, -0.2) is 13.2 Å². The highest BCUT2D eigenvalue weighted by atomic mass is 32.2. The van der Waals surface area contributed by atoms with Gasteiger partial charge in [-0.3, -0.25) is 4.79 Å². The molecule has 3 rings (SSSR count). The fourth-order valence-corrected chi connectivity index (χ4v) is 5.33. The van der Waals surface area contributed by atoms with E-state index in [1.165, 1.54) is 6.08 Å². The molecule has 0 radical (unpaired) electrons. The topological polar surface area (TPSA) is 105 Å². The van der Waals surface area contributed by atoms with Crippen molar-refractivity contribution in [2.45, 2.75) is 44.5 Å². The maximum atomic E-state index is 13.4. The predicted octanol–water partition coefficient (Wildman–Crippen LogP) is 3.60. The predicted molar refractivity (Wildman–Crippen MR) is 145 cm³/mol. The van der Waals surface area contributed by atoms with E-state index in [1.807, 2.05) is 74.5 Å². The SMILES string of the molecule is CC(C)C[C@H](NC(=O)N1CCOCC1)C(=O)N[C@@H](CCc1ccccc1)S(=O)(=O)/C=C/c1ccccc1. The van der Waals surface area contributed by atoms with Gasteiger partial charge in [-0.15, -0.1) is 0 Å². The van der Waals surface area contributed by atoms with Gasteiger partial charge in [0.15, 0.2) is 9.84 Å². The summed E-state index contributed by atoms with van der Waals surface area (Å²) in [5, 5.41) is 5.57. The molecule has 0 bridgehead atoms. The molecular weight excluding hydrogens is 490 g/mol. The number of rotatable bonds is 11. The van der Waals surface area contributed by atoms with Crippen LogP contribution in [0.25, 0.3) is 6.08 Å². The Hall–Kier alpha value is -3.17. The summed E-state index contributed by atoms with van der Waals surface area (Å²) in [5.41, 5.74) is 1.72. The van der Waals surface area contributed by atoms with Gasteiger partial charge in [-0.05, 0) is 42.4 Å². The zero-order valence-electron chi connectivity index (χ0n) is 21.5. The van der Waals surface area contributed by atoms with E-state index in [0.29, 0.717) is 39.1 Å². The number of hydrogen-bond donors (Lipinski definition) is 2. The van der Waals surface area contributed by atoms with Gasteiger partial charge in [0.25, 0.3) is 0 Å². The Kier molecular flexibility index (Phi) is 10.7. The first kappa shape index (κ1) is 28.4. The van der Waals surface area contributed by atoms with Gasteiger partial charge in [0.1, 0.15) is 11.4 Å². The molecule has 0 aromatic heterocycles. The molecule has 0 unspecified atom stereocenters. The summed E-state index contributed by atoms with van der Waals surface area (Å²) in [6, 6.07) is 17.5. The third-order valence-corrected chi connectivity index (χ3v) is 7.77. The summed E-state index contributed by atoms with van der Waals surface area (Å²) in [6.45, 7) is 5.69. The van der Waals surface area contributed by atoms with Crippen LogP contribution in [-0.2, 0) is 25.8 Å². The molecule has 2 N–H and O–H groups in total. The van der Waals surface area contributed by atoms with Crippen molar-refractivity contribution in [3.63, 3.8) is 0 Å². The first-order valence-corrected chi connectivity index (χ1v) is 14.3. The number of carbonyl (C=O) groups excluding carboxylic acids is 2. The molecule has 1 aliphatic rings. The van der Waals surface area contributed by atoms with Crippen LogP contribution in [0.5, 0.6) is 0 Å². The third-order valence-electron chi connectivity index (χ3n) is 6.11. The van der Waals surface area contributed by atoms with Crippen LogP contribution in [0.2, 0.25) is 0 Å². The molecule has 8 nitrogen and oxygen atoms in total. The number of ether oxygens (including phenoxy) is 1. The van der Waals surface area contributed by atoms with Gasteiger partial charge in [-0.1, -0.05) is 74.5 Å². The molecule has 3 amide bonds. The molecule has 1 fully saturated rings. The van der Waals surface area contributed by atoms with Crippen molar-refractivity contribution in [2.75, 3.05) is 26.3 Å². The number of aryl methyl sites for hydroxylation is 1. The molecule has 2 aromatic carbocycles. The zero-order valence-corrected chi connectivity index (χ0v) is 22.3. The Morgan fingerprint density at radius 1 is 0.973 bits per heavy atom. The Morgan fingerprint density at radius 3 is 2.22 bits per heavy atom. The summed E-state index contributed by atoms with van der Waals surface area (Å²) < 4.78 is 32.0. The Balaban J connectivity index is 1.78. The van der Waals surface area contributed by atoms with Crippen molar-refractivity contribution < 1.29 is 22.7 Å². The van der Waals surface area contributed by atoms with E-state index in [9.17, 15) is 18.0 Å². The molecule has 1 aliphatic heterocycles. The Bertz CT molecular complexity index is 1130. The number of hydrogen-bond acceptors (Lipinski definition) is 5. The average molecular weight is 528 g/mol. The minimum Gasteiger partial charge on any atom is -0.378 e. The third kappa shape index (κ3) is 9.33. The fraction of sp³-hybridized carbons (Fsp3) is 0.429. The molecular formula is C28H37N3O5S. The van der Waals surface area contributed by atoms with Crippen LogP contribution in [0.1, 0.15) is 37.8 Å². The van der Waals surface area contributed by atoms with Crippen molar-refractivity contribution in [1.29, 1.82) is 0 Å². The van der Waals surface area contributed by atoms with Crippen LogP contribution in [0.3, 0.4) is 0 Å². The Morgan fingerprint density at radius 2 is 1.59 bits per heavy atom. The summed E-state index contributed by atoms with van der Waals surface area (Å²) >= 11 is 0. The van der Waals surface area contributed by atoms with Crippen LogP contribution in [0.15, 0.2) is 66.1 Å². The fourth-order valence-electron chi connectivity index (χ4n) is 4.06. The summed E-state index contributed by atoms with van der Waals surface area (Å²) in [7, 11) is -3.85. The lowest BCUT2D eigenvalue weighted by atomic mass is 10.0. The van der Waals surface area contributed by atoms with Crippen LogP contribution in [0.4, 0.5) is 4.79 Å². The molecule has 0 aliphatic carbocycles. The van der Waals surface area contributed by atoms with E-state index >= 15 is 0 Å². The molecule has 9 heteroatoms. The van der Waals surface area contributed by atoms with E-state index < -0.39 is 27.2 Å². The molecule has 1 saturated heterocycles. The highest BCUT2D eigenvalue weighted by Gasteiger charge is 2.31. The monoisotopic (exact) mass is 527 g/mol. The maximum absolute atomic E-state index is 13.4. The summed E-state index contributed by atoms with van der Waals surface area (Å²) in [6.07, 6.45) is 2.58. The highest BCUT2D eigenvalue weighted by molar-refractivity contribution is 7.95. The molecule has 1 heterocycles. The lowest BCUT2D eigenvalue weighted by Crippen LogP contribution is -2.55. The van der Waals surface area contributed by atoms with Gasteiger partial charge in [-0.2, -0.15) is 0 Å². The van der Waals surface area contributed by atoms with Crippen LogP contribution >= 0.6 is 0 Å². The molecule has 2 atom stereocenters. The first-order valence-electron chi connectivity index (χ1n) is 12.7. The zero-order chi connectivity index (χ0) is 26.7. The van der Waals surface area contributed by atoms with Gasteiger partial charge in [0.05, 0.1) is 13.2 Å². The van der Waals surface area contributed by atoms with Gasteiger partial charge in [0, 0.05) is 18.5 Å². The largest absolute Gasteiger partial charge is 0.378 e. The average Bonchev–Trinajstić information content (AvgIpc) is 2.90. The van der Waals surface area contributed by atoms with E-state index in [0.717, 1.165) is 16.5 Å². The second-order valence-electron chi connectivity index (χ2n) is 9.56. The lowest BCUT2D eigenvalue weighted by Gasteiger charge is -2.30. The smallest absolute Gasteiger partial charge is 0.318 e. The molecule has 37 heavy (non-hydrogen) atoms. The van der Waals surface area contributed by atoms with Crippen molar-refractivity contribution in [1.82, 2.24) is 15.5 Å². The van der Waals surface area contributed by atoms with E-state index in [-0.39, 0.29) is 18.4 Å². The lowest BCUT2D eigenvalue weighted by molar-refractivity contribution is -0.123. The van der Waals surface area contributed by atoms with Gasteiger partial charge >= 0.3 is 6.03 Å². The molecule has 2 aromatic rings. The van der Waals surface area contributed by atoms with Crippen molar-refractivity contribution in [3.8, 4) is 0 Å². The van der Waals surface area contributed by atoms with Gasteiger partial charge in [0.2, 0.25) is 5.91 Å². The van der Waals surface area contributed by atoms with E-state index in [4.69, 9.17) is 4.74 Å². The number of sulfone groups is 1. The van der Waals surface area contributed by atoms with Crippen molar-refractivity contribution in [3.05, 3.63) is 77.2 Å². The Labute approximate surface area is 220 Å². The molecule has 0 spiro atoms. The highest BCUT2D eigenvalue weighted by Crippen LogP contribution is 2.15. The standard InChI is InChI=1S/C28H37N3O5S/c1-22(2)21-25(29-28(33)31-16-18-36-19-17-31)27(32)30-26(14-13-23-9-5-3-6-10-23)37(34,35)20-15-24-11-7-4-8-12-24/h3-12,15,20,22,25-26H,13-14,16-19,21H2,1-2H3,(H,29,33)(H,30,32)/b20-15+/t25-,26+/m0/s1. The second-order valence-corrected chi connectivity index (χ2v) is 11.6. The maximum Gasteiger partial charge on any atom is 0.318 e. The van der Waals surface area contributed by atoms with Crippen molar-refractivity contribution >= 4 is 27.9 Å². The van der Waals surface area contributed by atoms with Crippen LogP contribution < -0.4 is 10.6 Å². The quantitative estimate of drug-likeness (QED) is 0.465. The van der Waals surface area contributed by atoms with E-state index in [1.54, 1.807) is 4.90 Å². The number of carbonyl (C=O) groups is 2. The summed E-state index contributed by atoms with van der Waals surface area (Å²) in [4.78, 5) is 27.8. The normalized spacial score (nSPS) is 15.9. The number of amides is 3. The molecule has 200 valence electrons. The minimum absolute atomic E-state index is 0.109. The summed E-state index contributed by atoms with van der Waals surface area (Å²) in [5.74, 6) is -0.400. The number of nitrogens with zero attached hydrogens (tertiary/aromatic N) is 1. The van der Waals surface area contributed by atoms with Gasteiger partial charge < -0.3 is 20.3 Å². The number of benzene rings is 2. The van der Waals surface area contributed by atoms with Crippen LogP contribution in [0, 0.1) is 5.92 Å². The first-order chi connectivity index (χ1) is 17.7. The molecule has 0 saturated carbocycles. The number of nitrogens with one attached hydrogen (secondary N) is 2. The van der Waals surface area contributed by atoms with Crippen molar-refractivity contribution in [2.24, 2.45) is 5.92 Å². The minimum atomic E-state index is -3.85. The number of urea groups is 1. The second kappa shape index (κ2) is 13.9.